The number of hydrogen-bond donors (Lipinski definition) is 2. The molecule has 0 saturated carbocycles. The summed E-state index contributed by atoms with van der Waals surface area (Å²) in [6, 6.07) is 21.8. The Bertz CT molecular complexity index is 871. The molecule has 2 atom stereocenters. The van der Waals surface area contributed by atoms with Gasteiger partial charge in [-0.05, 0) is 5.56 Å². The van der Waals surface area contributed by atoms with Gasteiger partial charge in [0.2, 0.25) is 0 Å². The largest absolute Gasteiger partial charge is 0.305 e. The van der Waals surface area contributed by atoms with Crippen LogP contribution in [0.2, 0.25) is 0 Å². The molecule has 0 amide bonds. The number of benzene rings is 2. The lowest BCUT2D eigenvalue weighted by atomic mass is 10.1. The molecular formula is C20H22ClN5O. The summed E-state index contributed by atoms with van der Waals surface area (Å²) in [7, 11) is 0. The average molecular weight is 384 g/mol. The number of rotatable bonds is 3. The van der Waals surface area contributed by atoms with Gasteiger partial charge in [-0.1, -0.05) is 65.9 Å². The van der Waals surface area contributed by atoms with E-state index in [1.165, 1.54) is 11.3 Å². The Morgan fingerprint density at radius 3 is 2.44 bits per heavy atom. The van der Waals surface area contributed by atoms with Crippen LogP contribution in [0.3, 0.4) is 0 Å². The van der Waals surface area contributed by atoms with Gasteiger partial charge < -0.3 is 5.32 Å². The highest BCUT2D eigenvalue weighted by atomic mass is 35.5. The minimum absolute atomic E-state index is 0.359. The van der Waals surface area contributed by atoms with Gasteiger partial charge in [0.1, 0.15) is 5.69 Å². The zero-order valence-corrected chi connectivity index (χ0v) is 15.6. The maximum absolute atomic E-state index is 6.47. The van der Waals surface area contributed by atoms with Crippen molar-refractivity contribution in [1.82, 2.24) is 25.2 Å². The van der Waals surface area contributed by atoms with Crippen molar-refractivity contribution in [2.24, 2.45) is 0 Å². The van der Waals surface area contributed by atoms with Crippen LogP contribution >= 0.6 is 11.9 Å². The van der Waals surface area contributed by atoms with Gasteiger partial charge in [-0.15, -0.1) is 5.10 Å². The lowest BCUT2D eigenvalue weighted by Gasteiger charge is -2.27. The fraction of sp³-hybridized carbons (Fsp3) is 0.300. The first-order valence-corrected chi connectivity index (χ1v) is 9.38. The van der Waals surface area contributed by atoms with Gasteiger partial charge in [0.15, 0.2) is 0 Å². The first-order valence-electron chi connectivity index (χ1n) is 9.04. The number of nitrogens with one attached hydrogen (secondary N) is 1. The van der Waals surface area contributed by atoms with E-state index in [0.717, 1.165) is 37.4 Å². The molecule has 2 aromatic carbocycles. The monoisotopic (exact) mass is 383 g/mol. The predicted molar refractivity (Wildman–Crippen MR) is 105 cm³/mol. The van der Waals surface area contributed by atoms with E-state index in [-0.39, 0.29) is 0 Å². The zero-order valence-electron chi connectivity index (χ0n) is 14.9. The molecule has 7 heteroatoms. The van der Waals surface area contributed by atoms with Gasteiger partial charge in [-0.25, -0.2) is 4.68 Å². The molecule has 1 fully saturated rings. The molecule has 27 heavy (non-hydrogen) atoms. The third-order valence-corrected chi connectivity index (χ3v) is 5.30. The van der Waals surface area contributed by atoms with Crippen LogP contribution in [0.1, 0.15) is 17.3 Å². The summed E-state index contributed by atoms with van der Waals surface area (Å²) < 4.78 is 8.63. The summed E-state index contributed by atoms with van der Waals surface area (Å²) in [6.45, 7) is 3.89. The lowest BCUT2D eigenvalue weighted by Crippen LogP contribution is -2.42. The normalized spacial score (nSPS) is 21.1. The van der Waals surface area contributed by atoms with Gasteiger partial charge in [0.25, 0.3) is 0 Å². The second-order valence-electron chi connectivity index (χ2n) is 6.93. The number of nitrogens with zero attached hydrogens (tertiary/aromatic N) is 4. The van der Waals surface area contributed by atoms with Crippen molar-refractivity contribution < 1.29 is 4.66 Å². The van der Waals surface area contributed by atoms with Crippen molar-refractivity contribution in [3.8, 4) is 11.3 Å². The standard InChI is InChI=1S/C20H21N5.ClHO/c1-3-7-15(8-4-1)12-24-13-17-19(14-24)25-18(11-21-17)20(22-23-25)16-9-5-2-6-10-16;1-2/h1-10,17,19,21H,11-14H2;2H/t17-,19-;/m1./s1. The van der Waals surface area contributed by atoms with Crippen LogP contribution in [0.4, 0.5) is 0 Å². The summed E-state index contributed by atoms with van der Waals surface area (Å²) in [6.07, 6.45) is 0. The maximum atomic E-state index is 6.47. The van der Waals surface area contributed by atoms with Crippen molar-refractivity contribution >= 4 is 11.9 Å². The number of fused-ring (bicyclic) bond motifs is 3. The molecule has 5 rings (SSSR count). The Labute approximate surface area is 163 Å². The molecule has 0 unspecified atom stereocenters. The number of halogens is 1. The first-order chi connectivity index (χ1) is 13.4. The minimum Gasteiger partial charge on any atom is -0.305 e. The Kier molecular flexibility index (Phi) is 5.50. The zero-order chi connectivity index (χ0) is 18.6. The van der Waals surface area contributed by atoms with Crippen molar-refractivity contribution in [3.05, 3.63) is 71.9 Å². The van der Waals surface area contributed by atoms with Crippen molar-refractivity contribution in [1.29, 1.82) is 0 Å². The fourth-order valence-electron chi connectivity index (χ4n) is 4.08. The Morgan fingerprint density at radius 1 is 1.00 bits per heavy atom. The third kappa shape index (κ3) is 3.61. The molecule has 140 valence electrons. The van der Waals surface area contributed by atoms with E-state index in [9.17, 15) is 0 Å². The van der Waals surface area contributed by atoms with E-state index >= 15 is 0 Å². The minimum atomic E-state index is 0.359. The van der Waals surface area contributed by atoms with Crippen LogP contribution in [-0.2, 0) is 13.1 Å². The van der Waals surface area contributed by atoms with E-state index in [4.69, 9.17) is 4.66 Å². The Hall–Kier alpha value is -2.25. The second-order valence-corrected chi connectivity index (χ2v) is 6.93. The van der Waals surface area contributed by atoms with Gasteiger partial charge in [0, 0.05) is 37.8 Å². The molecule has 1 saturated heterocycles. The molecule has 2 N–H and O–H groups in total. The molecule has 0 spiro atoms. The molecule has 1 aromatic heterocycles. The number of hydrogen-bond acceptors (Lipinski definition) is 5. The van der Waals surface area contributed by atoms with Gasteiger partial charge in [-0.3, -0.25) is 9.56 Å². The topological polar surface area (TPSA) is 66.2 Å². The predicted octanol–water partition coefficient (Wildman–Crippen LogP) is 2.61. The summed E-state index contributed by atoms with van der Waals surface area (Å²) in [5.74, 6) is 0. The summed E-state index contributed by atoms with van der Waals surface area (Å²) in [5.41, 5.74) is 4.72. The molecule has 3 aromatic rings. The van der Waals surface area contributed by atoms with E-state index in [1.54, 1.807) is 0 Å². The van der Waals surface area contributed by atoms with E-state index < -0.39 is 0 Å². The molecule has 2 aliphatic heterocycles. The van der Waals surface area contributed by atoms with Crippen molar-refractivity contribution in [2.45, 2.75) is 25.2 Å². The van der Waals surface area contributed by atoms with E-state index in [0.29, 0.717) is 12.1 Å². The quantitative estimate of drug-likeness (QED) is 0.727. The van der Waals surface area contributed by atoms with Crippen molar-refractivity contribution in [3.63, 3.8) is 0 Å². The highest BCUT2D eigenvalue weighted by molar-refractivity contribution is 6.04. The SMILES string of the molecule is OCl.c1ccc(CN2C[C@@H]3[C@@H](C2)NCc2c(-c4ccccc4)nnn23)cc1. The molecular weight excluding hydrogens is 362 g/mol. The van der Waals surface area contributed by atoms with Gasteiger partial charge in [0.05, 0.1) is 23.6 Å². The van der Waals surface area contributed by atoms with Crippen LogP contribution in [0.5, 0.6) is 0 Å². The highest BCUT2D eigenvalue weighted by Crippen LogP contribution is 2.31. The van der Waals surface area contributed by atoms with Crippen LogP contribution < -0.4 is 5.32 Å². The molecule has 6 nitrogen and oxygen atoms in total. The van der Waals surface area contributed by atoms with E-state index in [2.05, 4.69) is 91.7 Å². The van der Waals surface area contributed by atoms with Crippen molar-refractivity contribution in [2.75, 3.05) is 13.1 Å². The lowest BCUT2D eigenvalue weighted by molar-refractivity contribution is 0.307. The fourth-order valence-corrected chi connectivity index (χ4v) is 4.08. The number of aromatic nitrogens is 3. The summed E-state index contributed by atoms with van der Waals surface area (Å²) in [4.78, 5) is 2.51. The highest BCUT2D eigenvalue weighted by Gasteiger charge is 2.39. The Balaban J connectivity index is 0.000000872. The van der Waals surface area contributed by atoms with Gasteiger partial charge in [-0.2, -0.15) is 0 Å². The number of likely N-dealkylation sites (tertiary alicyclic amines) is 1. The van der Waals surface area contributed by atoms with Crippen LogP contribution in [0.15, 0.2) is 60.7 Å². The third-order valence-electron chi connectivity index (χ3n) is 5.30. The van der Waals surface area contributed by atoms with Gasteiger partial charge >= 0.3 is 0 Å². The molecule has 0 radical (unpaired) electrons. The van der Waals surface area contributed by atoms with E-state index in [1.807, 2.05) is 6.07 Å². The first kappa shape index (κ1) is 18.1. The van der Waals surface area contributed by atoms with Crippen LogP contribution in [-0.4, -0.2) is 43.7 Å². The summed E-state index contributed by atoms with van der Waals surface area (Å²) in [5, 5.41) is 12.7. The maximum Gasteiger partial charge on any atom is 0.117 e. The molecule has 3 heterocycles. The average Bonchev–Trinajstić information content (AvgIpc) is 3.34. The smallest absolute Gasteiger partial charge is 0.117 e. The molecule has 0 aliphatic carbocycles. The van der Waals surface area contributed by atoms with Crippen LogP contribution in [0.25, 0.3) is 11.3 Å². The molecule has 2 aliphatic rings. The Morgan fingerprint density at radius 2 is 1.70 bits per heavy atom. The summed E-state index contributed by atoms with van der Waals surface area (Å²) >= 11 is 3.64. The second kappa shape index (κ2) is 8.19. The molecule has 0 bridgehead atoms. The van der Waals surface area contributed by atoms with Crippen LogP contribution in [0, 0.1) is 0 Å².